The summed E-state index contributed by atoms with van der Waals surface area (Å²) in [6.07, 6.45) is 3.23. The van der Waals surface area contributed by atoms with Gasteiger partial charge in [0.2, 0.25) is 5.84 Å². The fourth-order valence-electron chi connectivity index (χ4n) is 1.68. The van der Waals surface area contributed by atoms with E-state index in [1.807, 2.05) is 36.4 Å². The molecule has 0 aliphatic carbocycles. The Kier molecular flexibility index (Phi) is 4.90. The summed E-state index contributed by atoms with van der Waals surface area (Å²) in [7, 11) is 0. The number of amidine groups is 1. The number of halogens is 1. The minimum absolute atomic E-state index is 0.323. The monoisotopic (exact) mass is 369 g/mol. The molecule has 0 spiro atoms. The fourth-order valence-corrected chi connectivity index (χ4v) is 1.92. The van der Waals surface area contributed by atoms with Gasteiger partial charge in [-0.3, -0.25) is 5.43 Å². The maximum atomic E-state index is 5.34. The maximum absolute atomic E-state index is 5.34. The molecule has 0 unspecified atom stereocenters. The second-order valence-electron chi connectivity index (χ2n) is 4.42. The first-order valence-electron chi connectivity index (χ1n) is 6.77. The molecule has 0 atom stereocenters. The van der Waals surface area contributed by atoms with Crippen LogP contribution in [0.25, 0.3) is 0 Å². The van der Waals surface area contributed by atoms with E-state index in [0.29, 0.717) is 17.4 Å². The van der Waals surface area contributed by atoms with E-state index in [0.717, 1.165) is 10.2 Å². The Hall–Kier alpha value is -2.80. The minimum Gasteiger partial charge on any atom is -0.461 e. The van der Waals surface area contributed by atoms with Crippen LogP contribution in [0, 0.1) is 0 Å². The van der Waals surface area contributed by atoms with Crippen molar-refractivity contribution in [2.45, 2.75) is 0 Å². The Balaban J connectivity index is 1.82. The van der Waals surface area contributed by atoms with Crippen molar-refractivity contribution in [3.8, 4) is 0 Å². The van der Waals surface area contributed by atoms with E-state index < -0.39 is 0 Å². The third-order valence-corrected chi connectivity index (χ3v) is 3.23. The van der Waals surface area contributed by atoms with Crippen molar-refractivity contribution in [1.29, 1.82) is 0 Å². The number of rotatable bonds is 4. The van der Waals surface area contributed by atoms with Crippen LogP contribution in [0.2, 0.25) is 0 Å². The molecule has 0 fully saturated rings. The Labute approximate surface area is 141 Å². The molecule has 7 heteroatoms. The van der Waals surface area contributed by atoms with E-state index in [-0.39, 0.29) is 0 Å². The zero-order valence-electron chi connectivity index (χ0n) is 11.9. The van der Waals surface area contributed by atoms with Crippen molar-refractivity contribution in [3.05, 3.63) is 77.3 Å². The number of nitrogens with zero attached hydrogens (tertiary/aromatic N) is 4. The first-order chi connectivity index (χ1) is 11.3. The summed E-state index contributed by atoms with van der Waals surface area (Å²) in [5, 5.41) is 12.5. The molecule has 2 aromatic heterocycles. The summed E-state index contributed by atoms with van der Waals surface area (Å²) in [6.45, 7) is 0. The molecule has 1 N–H and O–H groups in total. The number of anilines is 1. The van der Waals surface area contributed by atoms with Crippen LogP contribution in [0.5, 0.6) is 0 Å². The molecule has 0 saturated heterocycles. The number of azo groups is 1. The van der Waals surface area contributed by atoms with Gasteiger partial charge in [-0.05, 0) is 52.3 Å². The lowest BCUT2D eigenvalue weighted by molar-refractivity contribution is 0.556. The zero-order chi connectivity index (χ0) is 15.9. The van der Waals surface area contributed by atoms with Gasteiger partial charge in [-0.2, -0.15) is 0 Å². The molecule has 0 saturated carbocycles. The lowest BCUT2D eigenvalue weighted by Gasteiger charge is -2.00. The molecule has 6 nitrogen and oxygen atoms in total. The summed E-state index contributed by atoms with van der Waals surface area (Å²) in [5.74, 6) is 1.42. The molecular formula is C16H12BrN5O. The van der Waals surface area contributed by atoms with Gasteiger partial charge in [0.1, 0.15) is 5.82 Å². The van der Waals surface area contributed by atoms with Crippen molar-refractivity contribution < 1.29 is 4.42 Å². The molecule has 3 aromatic rings. The molecule has 0 aliphatic rings. The largest absolute Gasteiger partial charge is 0.461 e. The number of pyridine rings is 1. The van der Waals surface area contributed by atoms with Crippen LogP contribution in [0.1, 0.15) is 5.76 Å². The number of furan rings is 1. The van der Waals surface area contributed by atoms with Gasteiger partial charge in [0.25, 0.3) is 0 Å². The maximum Gasteiger partial charge on any atom is 0.236 e. The van der Waals surface area contributed by atoms with Gasteiger partial charge < -0.3 is 4.42 Å². The summed E-state index contributed by atoms with van der Waals surface area (Å²) in [5.41, 5.74) is 3.57. The number of hydrogen-bond acceptors (Lipinski definition) is 5. The third-order valence-electron chi connectivity index (χ3n) is 2.76. The van der Waals surface area contributed by atoms with Gasteiger partial charge in [-0.15, -0.1) is 15.3 Å². The minimum atomic E-state index is 0.323. The van der Waals surface area contributed by atoms with E-state index in [9.17, 15) is 0 Å². The molecule has 0 radical (unpaired) electrons. The highest BCUT2D eigenvalue weighted by atomic mass is 79.9. The quantitative estimate of drug-likeness (QED) is 0.304. The normalized spacial score (nSPS) is 11.8. The van der Waals surface area contributed by atoms with Crippen LogP contribution in [0.15, 0.2) is 91.3 Å². The van der Waals surface area contributed by atoms with Crippen LogP contribution in [-0.4, -0.2) is 10.8 Å². The Bertz CT molecular complexity index is 798. The third kappa shape index (κ3) is 4.33. The molecule has 1 aromatic carbocycles. The summed E-state index contributed by atoms with van der Waals surface area (Å²) >= 11 is 3.33. The van der Waals surface area contributed by atoms with E-state index in [2.05, 4.69) is 41.7 Å². The summed E-state index contributed by atoms with van der Waals surface area (Å²) < 4.78 is 6.23. The number of hydrazone groups is 1. The van der Waals surface area contributed by atoms with Crippen LogP contribution in [0.4, 0.5) is 11.5 Å². The van der Waals surface area contributed by atoms with E-state index in [4.69, 9.17) is 4.42 Å². The van der Waals surface area contributed by atoms with Gasteiger partial charge in [-0.1, -0.05) is 18.2 Å². The Morgan fingerprint density at radius 1 is 1.04 bits per heavy atom. The average molecular weight is 370 g/mol. The fraction of sp³-hybridized carbons (Fsp3) is 0. The molecule has 0 bridgehead atoms. The van der Waals surface area contributed by atoms with Gasteiger partial charge in [0.15, 0.2) is 5.76 Å². The van der Waals surface area contributed by atoms with Crippen LogP contribution >= 0.6 is 15.9 Å². The highest BCUT2D eigenvalue weighted by molar-refractivity contribution is 9.10. The topological polar surface area (TPSA) is 75.1 Å². The molecular weight excluding hydrogens is 358 g/mol. The number of aromatic nitrogens is 1. The zero-order valence-corrected chi connectivity index (χ0v) is 13.5. The lowest BCUT2D eigenvalue weighted by Crippen LogP contribution is -2.00. The second kappa shape index (κ2) is 7.46. The van der Waals surface area contributed by atoms with Gasteiger partial charge in [-0.25, -0.2) is 4.98 Å². The van der Waals surface area contributed by atoms with Crippen molar-refractivity contribution in [2.75, 3.05) is 5.43 Å². The predicted octanol–water partition coefficient (Wildman–Crippen LogP) is 4.99. The molecule has 0 aliphatic heterocycles. The molecule has 2 heterocycles. The average Bonchev–Trinajstić information content (AvgIpc) is 3.12. The summed E-state index contributed by atoms with van der Waals surface area (Å²) in [4.78, 5) is 4.18. The number of benzene rings is 1. The van der Waals surface area contributed by atoms with Crippen LogP contribution in [0.3, 0.4) is 0 Å². The van der Waals surface area contributed by atoms with Crippen molar-refractivity contribution in [2.24, 2.45) is 15.3 Å². The van der Waals surface area contributed by atoms with Crippen molar-refractivity contribution >= 4 is 33.3 Å². The highest BCUT2D eigenvalue weighted by Gasteiger charge is 2.06. The lowest BCUT2D eigenvalue weighted by atomic mass is 10.3. The van der Waals surface area contributed by atoms with Crippen LogP contribution < -0.4 is 5.43 Å². The first kappa shape index (κ1) is 15.1. The standard InChI is InChI=1S/C16H12BrN5O/c17-12-8-9-15(18-11-12)20-22-16(14-7-4-10-23-14)21-19-13-5-2-1-3-6-13/h1-11H,(H,18,20). The SMILES string of the molecule is Brc1ccc(NN=C(N=Nc2ccccc2)c2ccco2)nc1. The molecule has 114 valence electrons. The van der Waals surface area contributed by atoms with Gasteiger partial charge in [0, 0.05) is 10.7 Å². The van der Waals surface area contributed by atoms with E-state index in [1.54, 1.807) is 30.7 Å². The Morgan fingerprint density at radius 2 is 1.91 bits per heavy atom. The van der Waals surface area contributed by atoms with Gasteiger partial charge in [0.05, 0.1) is 12.0 Å². The van der Waals surface area contributed by atoms with Gasteiger partial charge >= 0.3 is 0 Å². The predicted molar refractivity (Wildman–Crippen MR) is 91.8 cm³/mol. The molecule has 0 amide bonds. The highest BCUT2D eigenvalue weighted by Crippen LogP contribution is 2.14. The number of nitrogens with one attached hydrogen (secondary N) is 1. The Morgan fingerprint density at radius 3 is 2.61 bits per heavy atom. The van der Waals surface area contributed by atoms with Crippen LogP contribution in [-0.2, 0) is 0 Å². The summed E-state index contributed by atoms with van der Waals surface area (Å²) in [6, 6.07) is 16.6. The van der Waals surface area contributed by atoms with Crippen molar-refractivity contribution in [3.63, 3.8) is 0 Å². The first-order valence-corrected chi connectivity index (χ1v) is 7.56. The smallest absolute Gasteiger partial charge is 0.236 e. The molecule has 3 rings (SSSR count). The van der Waals surface area contributed by atoms with E-state index in [1.165, 1.54) is 0 Å². The second-order valence-corrected chi connectivity index (χ2v) is 5.34. The van der Waals surface area contributed by atoms with Crippen molar-refractivity contribution in [1.82, 2.24) is 4.98 Å². The molecule has 23 heavy (non-hydrogen) atoms. The number of hydrogen-bond donors (Lipinski definition) is 1. The van der Waals surface area contributed by atoms with E-state index >= 15 is 0 Å².